The van der Waals surface area contributed by atoms with Crippen molar-refractivity contribution >= 4 is 46.7 Å². The Bertz CT molecular complexity index is 651. The number of nitrogens with one attached hydrogen (secondary N) is 1. The van der Waals surface area contributed by atoms with Crippen LogP contribution in [0.15, 0.2) is 18.2 Å². The van der Waals surface area contributed by atoms with Crippen LogP contribution in [-0.4, -0.2) is 42.4 Å². The molecule has 1 aliphatic heterocycles. The number of anilines is 1. The van der Waals surface area contributed by atoms with Crippen LogP contribution in [0.3, 0.4) is 0 Å². The maximum atomic E-state index is 12.3. The zero-order valence-electron chi connectivity index (χ0n) is 13.2. The number of hydrogen-bond donors (Lipinski definition) is 1. The van der Waals surface area contributed by atoms with Gasteiger partial charge in [0.1, 0.15) is 0 Å². The molecule has 0 spiro atoms. The van der Waals surface area contributed by atoms with Gasteiger partial charge in [0.15, 0.2) is 0 Å². The molecule has 0 bridgehead atoms. The van der Waals surface area contributed by atoms with Crippen molar-refractivity contribution in [2.75, 3.05) is 25.0 Å². The molecule has 0 saturated carbocycles. The summed E-state index contributed by atoms with van der Waals surface area (Å²) < 4.78 is 4.98. The number of carbonyl (C=O) groups is 3. The first kappa shape index (κ1) is 18.5. The van der Waals surface area contributed by atoms with E-state index in [0.717, 1.165) is 0 Å². The molecule has 8 heteroatoms. The highest BCUT2D eigenvalue weighted by Gasteiger charge is 2.32. The molecule has 1 N–H and O–H groups in total. The van der Waals surface area contributed by atoms with Gasteiger partial charge in [0.2, 0.25) is 0 Å². The number of nitrogens with zero attached hydrogens (tertiary/aromatic N) is 1. The molecule has 1 unspecified atom stereocenters. The highest BCUT2D eigenvalue weighted by molar-refractivity contribution is 6.45. The van der Waals surface area contributed by atoms with E-state index >= 15 is 0 Å². The van der Waals surface area contributed by atoms with Gasteiger partial charge in [0.25, 0.3) is 0 Å². The van der Waals surface area contributed by atoms with Gasteiger partial charge in [-0.25, -0.2) is 0 Å². The van der Waals surface area contributed by atoms with Gasteiger partial charge in [-0.2, -0.15) is 0 Å². The monoisotopic (exact) mass is 372 g/mol. The lowest BCUT2D eigenvalue weighted by atomic mass is 9.98. The minimum atomic E-state index is -0.816. The second kappa shape index (κ2) is 8.35. The summed E-state index contributed by atoms with van der Waals surface area (Å²) in [5.41, 5.74) is 0.265. The molecular formula is C16H18Cl2N2O4. The predicted molar refractivity (Wildman–Crippen MR) is 91.0 cm³/mol. The summed E-state index contributed by atoms with van der Waals surface area (Å²) in [6.07, 6.45) is 1.28. The summed E-state index contributed by atoms with van der Waals surface area (Å²) >= 11 is 11.9. The zero-order valence-corrected chi connectivity index (χ0v) is 14.7. The molecule has 2 amide bonds. The molecule has 1 fully saturated rings. The topological polar surface area (TPSA) is 75.7 Å². The molecule has 6 nitrogen and oxygen atoms in total. The number of benzene rings is 1. The lowest BCUT2D eigenvalue weighted by molar-refractivity contribution is -0.153. The van der Waals surface area contributed by atoms with Gasteiger partial charge in [0, 0.05) is 13.1 Å². The van der Waals surface area contributed by atoms with E-state index in [1.54, 1.807) is 25.1 Å². The number of hydrogen-bond acceptors (Lipinski definition) is 4. The van der Waals surface area contributed by atoms with E-state index in [1.807, 2.05) is 0 Å². The molecule has 1 aromatic rings. The maximum absolute atomic E-state index is 12.3. The third-order valence-electron chi connectivity index (χ3n) is 3.72. The highest BCUT2D eigenvalue weighted by atomic mass is 35.5. The average molecular weight is 373 g/mol. The molecule has 1 saturated heterocycles. The summed E-state index contributed by atoms with van der Waals surface area (Å²) in [7, 11) is 0. The number of likely N-dealkylation sites (tertiary alicyclic amines) is 1. The van der Waals surface area contributed by atoms with Crippen molar-refractivity contribution in [1.29, 1.82) is 0 Å². The van der Waals surface area contributed by atoms with Crippen molar-refractivity contribution < 1.29 is 19.1 Å². The van der Waals surface area contributed by atoms with E-state index in [-0.39, 0.29) is 34.9 Å². The van der Waals surface area contributed by atoms with E-state index < -0.39 is 17.7 Å². The Kier molecular flexibility index (Phi) is 6.45. The highest BCUT2D eigenvalue weighted by Crippen LogP contribution is 2.29. The van der Waals surface area contributed by atoms with Crippen molar-refractivity contribution in [3.8, 4) is 0 Å². The van der Waals surface area contributed by atoms with Gasteiger partial charge in [-0.05, 0) is 31.9 Å². The van der Waals surface area contributed by atoms with Gasteiger partial charge in [0.05, 0.1) is 28.3 Å². The Labute approximate surface area is 150 Å². The van der Waals surface area contributed by atoms with Crippen LogP contribution in [0.1, 0.15) is 19.8 Å². The summed E-state index contributed by atoms with van der Waals surface area (Å²) in [6, 6.07) is 4.75. The molecule has 0 aromatic heterocycles. The summed E-state index contributed by atoms with van der Waals surface area (Å²) in [5, 5.41) is 2.90. The van der Waals surface area contributed by atoms with E-state index in [4.69, 9.17) is 27.9 Å². The van der Waals surface area contributed by atoms with Gasteiger partial charge in [-0.1, -0.05) is 29.3 Å². The van der Waals surface area contributed by atoms with Gasteiger partial charge in [-0.15, -0.1) is 0 Å². The van der Waals surface area contributed by atoms with Crippen molar-refractivity contribution in [2.24, 2.45) is 5.92 Å². The lowest BCUT2D eigenvalue weighted by Crippen LogP contribution is -2.47. The number of halogens is 2. The van der Waals surface area contributed by atoms with Crippen LogP contribution in [0.25, 0.3) is 0 Å². The molecule has 24 heavy (non-hydrogen) atoms. The number of rotatable bonds is 3. The molecule has 1 aliphatic rings. The van der Waals surface area contributed by atoms with Crippen LogP contribution in [0, 0.1) is 5.92 Å². The van der Waals surface area contributed by atoms with E-state index in [9.17, 15) is 14.4 Å². The standard InChI is InChI=1S/C16H18Cl2N2O4/c1-2-24-16(23)10-5-4-8-20(9-10)15(22)14(21)19-12-7-3-6-11(17)13(12)18/h3,6-7,10H,2,4-5,8-9H2,1H3,(H,19,21). The first-order valence-corrected chi connectivity index (χ1v) is 8.40. The first-order chi connectivity index (χ1) is 11.4. The minimum Gasteiger partial charge on any atom is -0.466 e. The van der Waals surface area contributed by atoms with Crippen LogP contribution in [0.2, 0.25) is 10.0 Å². The van der Waals surface area contributed by atoms with Crippen molar-refractivity contribution in [1.82, 2.24) is 4.90 Å². The first-order valence-electron chi connectivity index (χ1n) is 7.65. The van der Waals surface area contributed by atoms with E-state index in [1.165, 1.54) is 4.90 Å². The SMILES string of the molecule is CCOC(=O)C1CCCN(C(=O)C(=O)Nc2cccc(Cl)c2Cl)C1. The quantitative estimate of drug-likeness (QED) is 0.653. The number of esters is 1. The van der Waals surface area contributed by atoms with Crippen LogP contribution in [-0.2, 0) is 19.1 Å². The van der Waals surface area contributed by atoms with E-state index in [2.05, 4.69) is 5.32 Å². The maximum Gasteiger partial charge on any atom is 0.313 e. The Balaban J connectivity index is 2.01. The van der Waals surface area contributed by atoms with Crippen molar-refractivity contribution in [3.63, 3.8) is 0 Å². The zero-order chi connectivity index (χ0) is 17.7. The van der Waals surface area contributed by atoms with Crippen molar-refractivity contribution in [3.05, 3.63) is 28.2 Å². The van der Waals surface area contributed by atoms with Gasteiger partial charge < -0.3 is 15.0 Å². The van der Waals surface area contributed by atoms with E-state index in [0.29, 0.717) is 19.4 Å². The fourth-order valence-corrected chi connectivity index (χ4v) is 2.88. The molecule has 130 valence electrons. The van der Waals surface area contributed by atoms with Crippen LogP contribution < -0.4 is 5.32 Å². The van der Waals surface area contributed by atoms with Crippen LogP contribution >= 0.6 is 23.2 Å². The lowest BCUT2D eigenvalue weighted by Gasteiger charge is -2.31. The summed E-state index contributed by atoms with van der Waals surface area (Å²) in [5.74, 6) is -2.26. The molecule has 2 rings (SSSR count). The Morgan fingerprint density at radius 2 is 2.08 bits per heavy atom. The third-order valence-corrected chi connectivity index (χ3v) is 4.54. The molecule has 1 heterocycles. The van der Waals surface area contributed by atoms with Crippen LogP contribution in [0.5, 0.6) is 0 Å². The summed E-state index contributed by atoms with van der Waals surface area (Å²) in [4.78, 5) is 37.6. The molecule has 1 aromatic carbocycles. The largest absolute Gasteiger partial charge is 0.466 e. The fourth-order valence-electron chi connectivity index (χ4n) is 2.53. The van der Waals surface area contributed by atoms with Crippen LogP contribution in [0.4, 0.5) is 5.69 Å². The van der Waals surface area contributed by atoms with Gasteiger partial charge >= 0.3 is 17.8 Å². The normalized spacial score (nSPS) is 17.3. The smallest absolute Gasteiger partial charge is 0.313 e. The minimum absolute atomic E-state index is 0.170. The number of carbonyl (C=O) groups excluding carboxylic acids is 3. The van der Waals surface area contributed by atoms with Gasteiger partial charge in [-0.3, -0.25) is 14.4 Å². The molecule has 0 aliphatic carbocycles. The number of ether oxygens (including phenoxy) is 1. The second-order valence-corrected chi connectivity index (χ2v) is 6.18. The molecular weight excluding hydrogens is 355 g/mol. The Hall–Kier alpha value is -1.79. The molecule has 1 atom stereocenters. The predicted octanol–water partition coefficient (Wildman–Crippen LogP) is 2.73. The van der Waals surface area contributed by atoms with Crippen molar-refractivity contribution in [2.45, 2.75) is 19.8 Å². The number of amides is 2. The Morgan fingerprint density at radius 1 is 1.33 bits per heavy atom. The Morgan fingerprint density at radius 3 is 2.79 bits per heavy atom. The average Bonchev–Trinajstić information content (AvgIpc) is 2.58. The molecule has 0 radical (unpaired) electrons. The third kappa shape index (κ3) is 4.39. The summed E-state index contributed by atoms with van der Waals surface area (Å²) in [6.45, 7) is 2.61. The fraction of sp³-hybridized carbons (Fsp3) is 0.438. The number of piperidine rings is 1. The second-order valence-electron chi connectivity index (χ2n) is 5.40.